The smallest absolute Gasteiger partial charge is 0.307 e. The number of rotatable bonds is 3. The predicted molar refractivity (Wildman–Crippen MR) is 83.5 cm³/mol. The van der Waals surface area contributed by atoms with E-state index in [-0.39, 0.29) is 5.91 Å². The molecule has 0 fully saturated rings. The average molecular weight is 403 g/mol. The van der Waals surface area contributed by atoms with E-state index in [1.807, 2.05) is 24.3 Å². The van der Waals surface area contributed by atoms with Crippen LogP contribution < -0.4 is 5.32 Å². The molecule has 1 amide bonds. The maximum absolute atomic E-state index is 12.3. The number of anilines is 1. The molecule has 0 aliphatic heterocycles. The SMILES string of the molecule is O=C(O)[C@H]1CC=CC[C@H]1C(=O)Nc1ccc(Br)cc1Br. The summed E-state index contributed by atoms with van der Waals surface area (Å²) in [5.41, 5.74) is 0.636. The first-order valence-electron chi connectivity index (χ1n) is 6.12. The lowest BCUT2D eigenvalue weighted by atomic mass is 9.82. The summed E-state index contributed by atoms with van der Waals surface area (Å²) in [7, 11) is 0. The Bertz CT molecular complexity index is 572. The lowest BCUT2D eigenvalue weighted by Crippen LogP contribution is -2.34. The van der Waals surface area contributed by atoms with Gasteiger partial charge in [0.25, 0.3) is 0 Å². The summed E-state index contributed by atoms with van der Waals surface area (Å²) in [4.78, 5) is 23.5. The van der Waals surface area contributed by atoms with Crippen molar-refractivity contribution in [3.63, 3.8) is 0 Å². The van der Waals surface area contributed by atoms with Gasteiger partial charge >= 0.3 is 5.97 Å². The number of carboxylic acids is 1. The Balaban J connectivity index is 2.14. The van der Waals surface area contributed by atoms with Crippen molar-refractivity contribution in [3.8, 4) is 0 Å². The van der Waals surface area contributed by atoms with Crippen molar-refractivity contribution in [2.75, 3.05) is 5.32 Å². The van der Waals surface area contributed by atoms with E-state index >= 15 is 0 Å². The van der Waals surface area contributed by atoms with Crippen LogP contribution in [-0.2, 0) is 9.59 Å². The fourth-order valence-electron chi connectivity index (χ4n) is 2.19. The van der Waals surface area contributed by atoms with Gasteiger partial charge in [0.1, 0.15) is 0 Å². The first kappa shape index (κ1) is 15.3. The Morgan fingerprint density at radius 2 is 1.80 bits per heavy atom. The van der Waals surface area contributed by atoms with Gasteiger partial charge in [-0.1, -0.05) is 28.1 Å². The van der Waals surface area contributed by atoms with Gasteiger partial charge in [-0.15, -0.1) is 0 Å². The van der Waals surface area contributed by atoms with Gasteiger partial charge in [-0.05, 0) is 47.0 Å². The van der Waals surface area contributed by atoms with Crippen molar-refractivity contribution in [3.05, 3.63) is 39.3 Å². The third-order valence-electron chi connectivity index (χ3n) is 3.28. The van der Waals surface area contributed by atoms with Gasteiger partial charge in [0.05, 0.1) is 17.5 Å². The second kappa shape index (κ2) is 6.54. The van der Waals surface area contributed by atoms with Gasteiger partial charge in [-0.25, -0.2) is 0 Å². The lowest BCUT2D eigenvalue weighted by molar-refractivity contribution is -0.146. The molecule has 20 heavy (non-hydrogen) atoms. The Labute approximate surface area is 133 Å². The Morgan fingerprint density at radius 1 is 1.15 bits per heavy atom. The molecular formula is C14H13Br2NO3. The van der Waals surface area contributed by atoms with Gasteiger partial charge in [-0.3, -0.25) is 9.59 Å². The Morgan fingerprint density at radius 3 is 2.40 bits per heavy atom. The second-order valence-corrected chi connectivity index (χ2v) is 6.38. The predicted octanol–water partition coefficient (Wildman–Crippen LogP) is 3.82. The third kappa shape index (κ3) is 3.49. The van der Waals surface area contributed by atoms with E-state index in [9.17, 15) is 14.7 Å². The largest absolute Gasteiger partial charge is 0.481 e. The van der Waals surface area contributed by atoms with Crippen LogP contribution in [0.4, 0.5) is 5.69 Å². The molecule has 106 valence electrons. The second-order valence-electron chi connectivity index (χ2n) is 4.61. The third-order valence-corrected chi connectivity index (χ3v) is 4.42. The average Bonchev–Trinajstić information content (AvgIpc) is 2.41. The zero-order valence-corrected chi connectivity index (χ0v) is 13.6. The highest BCUT2D eigenvalue weighted by molar-refractivity contribution is 9.11. The van der Waals surface area contributed by atoms with Gasteiger partial charge in [-0.2, -0.15) is 0 Å². The molecule has 0 saturated carbocycles. The molecule has 0 saturated heterocycles. The number of carbonyl (C=O) groups is 2. The Kier molecular flexibility index (Phi) is 4.99. The van der Waals surface area contributed by atoms with Crippen molar-refractivity contribution in [2.24, 2.45) is 11.8 Å². The van der Waals surface area contributed by atoms with Crippen LogP contribution in [0.25, 0.3) is 0 Å². The molecule has 1 aliphatic rings. The molecule has 0 bridgehead atoms. The van der Waals surface area contributed by atoms with Crippen LogP contribution in [0.15, 0.2) is 39.3 Å². The normalized spacial score (nSPS) is 21.5. The molecule has 0 unspecified atom stereocenters. The molecule has 6 heteroatoms. The fraction of sp³-hybridized carbons (Fsp3) is 0.286. The van der Waals surface area contributed by atoms with Gasteiger partial charge in [0.2, 0.25) is 5.91 Å². The number of halogens is 2. The number of hydrogen-bond acceptors (Lipinski definition) is 2. The van der Waals surface area contributed by atoms with Crippen molar-refractivity contribution in [1.29, 1.82) is 0 Å². The minimum Gasteiger partial charge on any atom is -0.481 e. The summed E-state index contributed by atoms with van der Waals surface area (Å²) in [6.07, 6.45) is 4.53. The van der Waals surface area contributed by atoms with Crippen LogP contribution in [0.3, 0.4) is 0 Å². The van der Waals surface area contributed by atoms with E-state index in [2.05, 4.69) is 37.2 Å². The van der Waals surface area contributed by atoms with E-state index < -0.39 is 17.8 Å². The number of carboxylic acid groups (broad SMARTS) is 1. The number of hydrogen-bond donors (Lipinski definition) is 2. The summed E-state index contributed by atoms with van der Waals surface area (Å²) in [5, 5.41) is 12.0. The van der Waals surface area contributed by atoms with Crippen LogP contribution in [0.5, 0.6) is 0 Å². The van der Waals surface area contributed by atoms with Gasteiger partial charge < -0.3 is 10.4 Å². The highest BCUT2D eigenvalue weighted by Gasteiger charge is 2.34. The van der Waals surface area contributed by atoms with Crippen LogP contribution in [0, 0.1) is 11.8 Å². The van der Waals surface area contributed by atoms with Crippen LogP contribution in [0.1, 0.15) is 12.8 Å². The molecule has 4 nitrogen and oxygen atoms in total. The zero-order valence-electron chi connectivity index (χ0n) is 10.5. The van der Waals surface area contributed by atoms with Gasteiger partial charge in [0, 0.05) is 8.95 Å². The molecule has 0 radical (unpaired) electrons. The molecule has 2 rings (SSSR count). The molecule has 0 aromatic heterocycles. The van der Waals surface area contributed by atoms with E-state index in [0.29, 0.717) is 18.5 Å². The van der Waals surface area contributed by atoms with E-state index in [0.717, 1.165) is 8.95 Å². The minimum atomic E-state index is -0.927. The highest BCUT2D eigenvalue weighted by Crippen LogP contribution is 2.30. The summed E-state index contributed by atoms with van der Waals surface area (Å²) in [6.45, 7) is 0. The monoisotopic (exact) mass is 401 g/mol. The standard InChI is InChI=1S/C14H13Br2NO3/c15-8-5-6-12(11(16)7-8)17-13(18)9-3-1-2-4-10(9)14(19)20/h1-2,5-7,9-10H,3-4H2,(H,17,18)(H,19,20)/t9-,10+/m1/s1. The maximum Gasteiger partial charge on any atom is 0.307 e. The summed E-state index contributed by atoms with van der Waals surface area (Å²) < 4.78 is 1.64. The molecule has 2 N–H and O–H groups in total. The number of amides is 1. The summed E-state index contributed by atoms with van der Waals surface area (Å²) in [5.74, 6) is -2.38. The number of allylic oxidation sites excluding steroid dienone is 2. The molecule has 0 spiro atoms. The highest BCUT2D eigenvalue weighted by atomic mass is 79.9. The molecule has 1 aromatic rings. The zero-order chi connectivity index (χ0) is 14.7. The van der Waals surface area contributed by atoms with Crippen molar-refractivity contribution in [1.82, 2.24) is 0 Å². The van der Waals surface area contributed by atoms with Crippen LogP contribution in [0.2, 0.25) is 0 Å². The maximum atomic E-state index is 12.3. The number of nitrogens with one attached hydrogen (secondary N) is 1. The van der Waals surface area contributed by atoms with Gasteiger partial charge in [0.15, 0.2) is 0 Å². The summed E-state index contributed by atoms with van der Waals surface area (Å²) >= 11 is 6.71. The molecule has 1 aromatic carbocycles. The quantitative estimate of drug-likeness (QED) is 0.755. The van der Waals surface area contributed by atoms with Crippen molar-refractivity contribution >= 4 is 49.4 Å². The number of carbonyl (C=O) groups excluding carboxylic acids is 1. The molecule has 0 heterocycles. The topological polar surface area (TPSA) is 66.4 Å². The molecule has 2 atom stereocenters. The van der Waals surface area contributed by atoms with Crippen molar-refractivity contribution in [2.45, 2.75) is 12.8 Å². The lowest BCUT2D eigenvalue weighted by Gasteiger charge is -2.24. The number of aliphatic carboxylic acids is 1. The molecular weight excluding hydrogens is 390 g/mol. The van der Waals surface area contributed by atoms with E-state index in [1.54, 1.807) is 6.07 Å². The Hall–Kier alpha value is -1.14. The van der Waals surface area contributed by atoms with E-state index in [1.165, 1.54) is 0 Å². The first-order valence-corrected chi connectivity index (χ1v) is 7.71. The van der Waals surface area contributed by atoms with Crippen LogP contribution >= 0.6 is 31.9 Å². The summed E-state index contributed by atoms with van der Waals surface area (Å²) in [6, 6.07) is 5.40. The van der Waals surface area contributed by atoms with Crippen molar-refractivity contribution < 1.29 is 14.7 Å². The minimum absolute atomic E-state index is 0.259. The first-order chi connectivity index (χ1) is 9.49. The molecule has 1 aliphatic carbocycles. The fourth-order valence-corrected chi connectivity index (χ4v) is 3.34. The van der Waals surface area contributed by atoms with Crippen LogP contribution in [-0.4, -0.2) is 17.0 Å². The number of benzene rings is 1. The van der Waals surface area contributed by atoms with E-state index in [4.69, 9.17) is 0 Å².